The zero-order chi connectivity index (χ0) is 16.7. The van der Waals surface area contributed by atoms with E-state index in [2.05, 4.69) is 27.8 Å². The molecule has 0 aliphatic rings. The van der Waals surface area contributed by atoms with Gasteiger partial charge in [0.05, 0.1) is 0 Å². The second-order valence-electron chi connectivity index (χ2n) is 5.04. The van der Waals surface area contributed by atoms with E-state index in [4.69, 9.17) is 17.0 Å². The Kier molecular flexibility index (Phi) is 6.62. The molecule has 0 heterocycles. The van der Waals surface area contributed by atoms with Gasteiger partial charge >= 0.3 is 0 Å². The minimum absolute atomic E-state index is 0.514. The Hall–Kier alpha value is -1.85. The average Bonchev–Trinajstić information content (AvgIpc) is 2.54. The molecule has 3 nitrogen and oxygen atoms in total. The molecule has 0 spiro atoms. The Bertz CT molecular complexity index is 673. The quantitative estimate of drug-likeness (QED) is 0.563. The minimum Gasteiger partial charge on any atom is -0.490 e. The van der Waals surface area contributed by atoms with Crippen molar-refractivity contribution in [3.05, 3.63) is 71.2 Å². The maximum absolute atomic E-state index is 5.48. The van der Waals surface area contributed by atoms with Gasteiger partial charge in [-0.25, -0.2) is 0 Å². The average molecular weight is 391 g/mol. The van der Waals surface area contributed by atoms with E-state index in [0.717, 1.165) is 28.0 Å². The first-order valence-electron chi connectivity index (χ1n) is 7.19. The van der Waals surface area contributed by atoms with Crippen LogP contribution in [0, 0.1) is 0 Å². The van der Waals surface area contributed by atoms with E-state index < -0.39 is 0 Å². The third-order valence-corrected chi connectivity index (χ3v) is 4.04. The first-order chi connectivity index (χ1) is 11.1. The highest BCUT2D eigenvalue weighted by atomic mass is 79.9. The van der Waals surface area contributed by atoms with E-state index in [1.165, 1.54) is 0 Å². The number of nitrogens with one attached hydrogen (secondary N) is 1. The molecule has 0 amide bonds. The fraction of sp³-hybridized carbons (Fsp3) is 0.167. The molecule has 0 radical (unpaired) electrons. The number of rotatable bonds is 6. The number of hydrogen-bond donors (Lipinski definition) is 1. The highest BCUT2D eigenvalue weighted by Gasteiger charge is 2.06. The summed E-state index contributed by atoms with van der Waals surface area (Å²) in [6.07, 6.45) is 1.73. The van der Waals surface area contributed by atoms with Crippen LogP contribution in [-0.4, -0.2) is 23.7 Å². The third-order valence-electron chi connectivity index (χ3n) is 3.13. The van der Waals surface area contributed by atoms with Crippen molar-refractivity contribution in [1.82, 2.24) is 4.90 Å². The number of thiocarbonyl (C=S) groups is 1. The van der Waals surface area contributed by atoms with Gasteiger partial charge in [-0.05, 0) is 48.1 Å². The standard InChI is InChI=1S/C18H19BrN2OS/c1-3-11-22-17-9-7-14(8-10-17)13-21(2)18(23)20-16-6-4-5-15(19)12-16/h3-10,12H,1,11,13H2,2H3,(H,20,23). The van der Waals surface area contributed by atoms with Crippen molar-refractivity contribution in [2.45, 2.75) is 6.54 Å². The van der Waals surface area contributed by atoms with Crippen LogP contribution in [0.5, 0.6) is 5.75 Å². The Morgan fingerprint density at radius 1 is 1.30 bits per heavy atom. The smallest absolute Gasteiger partial charge is 0.173 e. The number of benzene rings is 2. The lowest BCUT2D eigenvalue weighted by Crippen LogP contribution is -2.30. The Morgan fingerprint density at radius 3 is 2.70 bits per heavy atom. The van der Waals surface area contributed by atoms with Crippen LogP contribution in [0.15, 0.2) is 65.7 Å². The van der Waals surface area contributed by atoms with Gasteiger partial charge in [0.1, 0.15) is 12.4 Å². The van der Waals surface area contributed by atoms with Crippen LogP contribution in [0.4, 0.5) is 5.69 Å². The lowest BCUT2D eigenvalue weighted by atomic mass is 10.2. The summed E-state index contributed by atoms with van der Waals surface area (Å²) < 4.78 is 6.50. The number of ether oxygens (including phenoxy) is 1. The molecule has 0 saturated carbocycles. The molecule has 2 aromatic carbocycles. The largest absolute Gasteiger partial charge is 0.490 e. The molecule has 1 N–H and O–H groups in total. The lowest BCUT2D eigenvalue weighted by molar-refractivity contribution is 0.363. The van der Waals surface area contributed by atoms with Gasteiger partial charge in [-0.15, -0.1) is 0 Å². The van der Waals surface area contributed by atoms with Crippen molar-refractivity contribution < 1.29 is 4.74 Å². The van der Waals surface area contributed by atoms with Crippen molar-refractivity contribution in [1.29, 1.82) is 0 Å². The van der Waals surface area contributed by atoms with E-state index in [1.54, 1.807) is 6.08 Å². The maximum atomic E-state index is 5.48. The molecular formula is C18H19BrN2OS. The van der Waals surface area contributed by atoms with Gasteiger partial charge in [0.25, 0.3) is 0 Å². The van der Waals surface area contributed by atoms with E-state index in [1.807, 2.05) is 60.5 Å². The first-order valence-corrected chi connectivity index (χ1v) is 8.39. The normalized spacial score (nSPS) is 10.0. The summed E-state index contributed by atoms with van der Waals surface area (Å²) in [6, 6.07) is 15.9. The van der Waals surface area contributed by atoms with Crippen LogP contribution in [0.3, 0.4) is 0 Å². The molecule has 0 fully saturated rings. The summed E-state index contributed by atoms with van der Waals surface area (Å²) >= 11 is 8.90. The number of nitrogens with zero attached hydrogens (tertiary/aromatic N) is 1. The summed E-state index contributed by atoms with van der Waals surface area (Å²) in [5, 5.41) is 3.91. The summed E-state index contributed by atoms with van der Waals surface area (Å²) in [5.41, 5.74) is 2.13. The molecule has 2 aromatic rings. The molecule has 0 aromatic heterocycles. The molecule has 0 atom stereocenters. The van der Waals surface area contributed by atoms with Gasteiger partial charge in [-0.3, -0.25) is 0 Å². The van der Waals surface area contributed by atoms with E-state index in [9.17, 15) is 0 Å². The van der Waals surface area contributed by atoms with Crippen molar-refractivity contribution in [2.24, 2.45) is 0 Å². The topological polar surface area (TPSA) is 24.5 Å². The van der Waals surface area contributed by atoms with Crippen molar-refractivity contribution in [3.8, 4) is 5.75 Å². The van der Waals surface area contributed by atoms with E-state index in [0.29, 0.717) is 11.7 Å². The van der Waals surface area contributed by atoms with Crippen LogP contribution in [0.2, 0.25) is 0 Å². The Balaban J connectivity index is 1.91. The third kappa shape index (κ3) is 5.69. The van der Waals surface area contributed by atoms with Crippen LogP contribution in [-0.2, 0) is 6.54 Å². The monoisotopic (exact) mass is 390 g/mol. The Morgan fingerprint density at radius 2 is 2.04 bits per heavy atom. The van der Waals surface area contributed by atoms with Crippen LogP contribution in [0.1, 0.15) is 5.56 Å². The molecule has 2 rings (SSSR count). The van der Waals surface area contributed by atoms with Gasteiger partial charge < -0.3 is 15.0 Å². The predicted molar refractivity (Wildman–Crippen MR) is 104 cm³/mol. The summed E-state index contributed by atoms with van der Waals surface area (Å²) in [6.45, 7) is 4.87. The van der Waals surface area contributed by atoms with Gasteiger partial charge in [-0.2, -0.15) is 0 Å². The first kappa shape index (κ1) is 17.5. The van der Waals surface area contributed by atoms with Gasteiger partial charge in [-0.1, -0.05) is 46.8 Å². The zero-order valence-electron chi connectivity index (χ0n) is 13.0. The summed E-state index contributed by atoms with van der Waals surface area (Å²) in [4.78, 5) is 2.00. The molecule has 0 aliphatic heterocycles. The molecular weight excluding hydrogens is 372 g/mol. The van der Waals surface area contributed by atoms with Crippen LogP contribution >= 0.6 is 28.1 Å². The molecule has 5 heteroatoms. The summed E-state index contributed by atoms with van der Waals surface area (Å²) in [5.74, 6) is 0.839. The molecule has 120 valence electrons. The van der Waals surface area contributed by atoms with Crippen molar-refractivity contribution >= 4 is 38.9 Å². The maximum Gasteiger partial charge on any atom is 0.173 e. The molecule has 0 aliphatic carbocycles. The zero-order valence-corrected chi connectivity index (χ0v) is 15.4. The van der Waals surface area contributed by atoms with Crippen molar-refractivity contribution in [2.75, 3.05) is 19.0 Å². The highest BCUT2D eigenvalue weighted by molar-refractivity contribution is 9.10. The second-order valence-corrected chi connectivity index (χ2v) is 6.34. The van der Waals surface area contributed by atoms with E-state index >= 15 is 0 Å². The van der Waals surface area contributed by atoms with E-state index in [-0.39, 0.29) is 0 Å². The number of halogens is 1. The van der Waals surface area contributed by atoms with Crippen LogP contribution in [0.25, 0.3) is 0 Å². The Labute approximate surface area is 151 Å². The number of anilines is 1. The molecule has 0 unspecified atom stereocenters. The second kappa shape index (κ2) is 8.70. The molecule has 23 heavy (non-hydrogen) atoms. The van der Waals surface area contributed by atoms with Gasteiger partial charge in [0.15, 0.2) is 5.11 Å². The van der Waals surface area contributed by atoms with Gasteiger partial charge in [0.2, 0.25) is 0 Å². The lowest BCUT2D eigenvalue weighted by Gasteiger charge is -2.21. The summed E-state index contributed by atoms with van der Waals surface area (Å²) in [7, 11) is 1.97. The predicted octanol–water partition coefficient (Wildman–Crippen LogP) is 4.84. The highest BCUT2D eigenvalue weighted by Crippen LogP contribution is 2.17. The SMILES string of the molecule is C=CCOc1ccc(CN(C)C(=S)Nc2cccc(Br)c2)cc1. The number of hydrogen-bond acceptors (Lipinski definition) is 2. The molecule has 0 saturated heterocycles. The minimum atomic E-state index is 0.514. The fourth-order valence-corrected chi connectivity index (χ4v) is 2.56. The van der Waals surface area contributed by atoms with Gasteiger partial charge in [0, 0.05) is 23.8 Å². The molecule has 0 bridgehead atoms. The van der Waals surface area contributed by atoms with Crippen LogP contribution < -0.4 is 10.1 Å². The van der Waals surface area contributed by atoms with Crippen molar-refractivity contribution in [3.63, 3.8) is 0 Å². The fourth-order valence-electron chi connectivity index (χ4n) is 1.98.